The number of nitro groups is 1. The molecular formula is C15H15N5O5. The molecule has 0 unspecified atom stereocenters. The van der Waals surface area contributed by atoms with E-state index in [1.807, 2.05) is 0 Å². The molecule has 25 heavy (non-hydrogen) atoms. The first-order valence-corrected chi connectivity index (χ1v) is 7.10. The molecule has 2 rings (SSSR count). The maximum Gasteiger partial charge on any atom is 0.311 e. The maximum absolute atomic E-state index is 12.0. The molecule has 0 fully saturated rings. The summed E-state index contributed by atoms with van der Waals surface area (Å²) in [6, 6.07) is 3.77. The summed E-state index contributed by atoms with van der Waals surface area (Å²) in [5, 5.41) is 15.9. The van der Waals surface area contributed by atoms with Gasteiger partial charge in [-0.25, -0.2) is 9.97 Å². The Bertz CT molecular complexity index is 806. The molecule has 130 valence electrons. The Balaban J connectivity index is 1.97. The molecule has 0 bridgehead atoms. The van der Waals surface area contributed by atoms with Crippen LogP contribution in [0.1, 0.15) is 16.2 Å². The van der Waals surface area contributed by atoms with Crippen LogP contribution in [0.3, 0.4) is 0 Å². The largest absolute Gasteiger partial charge is 0.490 e. The Labute approximate surface area is 142 Å². The zero-order valence-electron chi connectivity index (χ0n) is 13.5. The Hall–Kier alpha value is -3.56. The number of aromatic nitrogens is 2. The highest BCUT2D eigenvalue weighted by Gasteiger charge is 2.18. The molecule has 0 aliphatic rings. The number of nitrogens with zero attached hydrogens (tertiary/aromatic N) is 3. The monoisotopic (exact) mass is 345 g/mol. The van der Waals surface area contributed by atoms with Crippen molar-refractivity contribution in [3.8, 4) is 5.75 Å². The minimum Gasteiger partial charge on any atom is -0.490 e. The number of amides is 2. The van der Waals surface area contributed by atoms with Crippen molar-refractivity contribution in [1.82, 2.24) is 15.3 Å². The van der Waals surface area contributed by atoms with Gasteiger partial charge in [-0.1, -0.05) is 0 Å². The fourth-order valence-corrected chi connectivity index (χ4v) is 1.90. The number of benzene rings is 1. The number of nitro benzene ring substituents is 1. The number of ether oxygens (including phenoxy) is 1. The first kappa shape index (κ1) is 17.8. The lowest BCUT2D eigenvalue weighted by Gasteiger charge is -2.07. The van der Waals surface area contributed by atoms with Gasteiger partial charge in [0, 0.05) is 11.6 Å². The molecule has 1 aromatic heterocycles. The fraction of sp³-hybridized carbons (Fsp3) is 0.200. The molecule has 2 amide bonds. The van der Waals surface area contributed by atoms with Crippen molar-refractivity contribution < 1.29 is 19.2 Å². The number of nitrogens with one attached hydrogen (secondary N) is 2. The van der Waals surface area contributed by atoms with Crippen molar-refractivity contribution in [3.63, 3.8) is 0 Å². The van der Waals surface area contributed by atoms with Crippen LogP contribution in [-0.4, -0.2) is 40.4 Å². The summed E-state index contributed by atoms with van der Waals surface area (Å²) >= 11 is 0. The maximum atomic E-state index is 12.0. The average Bonchev–Trinajstić information content (AvgIpc) is 2.61. The predicted molar refractivity (Wildman–Crippen MR) is 87.4 cm³/mol. The lowest BCUT2D eigenvalue weighted by molar-refractivity contribution is -0.385. The topological polar surface area (TPSA) is 136 Å². The summed E-state index contributed by atoms with van der Waals surface area (Å²) in [6.07, 6.45) is 2.88. The van der Waals surface area contributed by atoms with E-state index < -0.39 is 16.7 Å². The molecule has 0 aliphatic carbocycles. The quantitative estimate of drug-likeness (QED) is 0.590. The molecule has 2 aromatic rings. The summed E-state index contributed by atoms with van der Waals surface area (Å²) in [5.74, 6) is -0.504. The van der Waals surface area contributed by atoms with E-state index in [-0.39, 0.29) is 23.5 Å². The van der Waals surface area contributed by atoms with Crippen LogP contribution in [0.5, 0.6) is 5.75 Å². The smallest absolute Gasteiger partial charge is 0.311 e. The minimum atomic E-state index is -0.653. The van der Waals surface area contributed by atoms with E-state index in [0.717, 1.165) is 6.07 Å². The van der Waals surface area contributed by atoms with E-state index in [9.17, 15) is 19.7 Å². The third kappa shape index (κ3) is 4.70. The Morgan fingerprint density at radius 3 is 2.56 bits per heavy atom. The van der Waals surface area contributed by atoms with Gasteiger partial charge in [0.15, 0.2) is 5.75 Å². The molecular weight excluding hydrogens is 330 g/mol. The van der Waals surface area contributed by atoms with Crippen molar-refractivity contribution >= 4 is 23.2 Å². The van der Waals surface area contributed by atoms with Crippen LogP contribution in [-0.2, 0) is 4.79 Å². The van der Waals surface area contributed by atoms with Crippen LogP contribution < -0.4 is 15.4 Å². The number of anilines is 1. The van der Waals surface area contributed by atoms with E-state index in [1.165, 1.54) is 31.6 Å². The molecule has 0 radical (unpaired) electrons. The number of methoxy groups -OCH3 is 1. The SMILES string of the molecule is COc1ccc(C(=O)NCC(=O)Nc2cnc(C)nc2)cc1[N+](=O)[O-]. The molecule has 0 saturated carbocycles. The molecule has 0 saturated heterocycles. The van der Waals surface area contributed by atoms with Crippen molar-refractivity contribution in [2.24, 2.45) is 0 Å². The number of hydrogen-bond donors (Lipinski definition) is 2. The predicted octanol–water partition coefficient (Wildman–Crippen LogP) is 1.07. The summed E-state index contributed by atoms with van der Waals surface area (Å²) in [4.78, 5) is 42.0. The summed E-state index contributed by atoms with van der Waals surface area (Å²) < 4.78 is 4.86. The first-order valence-electron chi connectivity index (χ1n) is 7.10. The lowest BCUT2D eigenvalue weighted by atomic mass is 10.1. The normalized spacial score (nSPS) is 10.0. The van der Waals surface area contributed by atoms with Crippen LogP contribution >= 0.6 is 0 Å². The molecule has 10 heteroatoms. The van der Waals surface area contributed by atoms with Gasteiger partial charge >= 0.3 is 5.69 Å². The number of hydrogen-bond acceptors (Lipinski definition) is 7. The average molecular weight is 345 g/mol. The minimum absolute atomic E-state index is 0.0404. The van der Waals surface area contributed by atoms with E-state index in [4.69, 9.17) is 4.74 Å². The van der Waals surface area contributed by atoms with Crippen molar-refractivity contribution in [1.29, 1.82) is 0 Å². The second kappa shape index (κ2) is 7.81. The van der Waals surface area contributed by atoms with E-state index >= 15 is 0 Å². The highest BCUT2D eigenvalue weighted by atomic mass is 16.6. The highest BCUT2D eigenvalue weighted by Crippen LogP contribution is 2.27. The van der Waals surface area contributed by atoms with Gasteiger partial charge < -0.3 is 15.4 Å². The summed E-state index contributed by atoms with van der Waals surface area (Å²) in [7, 11) is 1.29. The molecule has 1 heterocycles. The number of rotatable bonds is 6. The lowest BCUT2D eigenvalue weighted by Crippen LogP contribution is -2.32. The molecule has 10 nitrogen and oxygen atoms in total. The van der Waals surface area contributed by atoms with Gasteiger partial charge in [-0.15, -0.1) is 0 Å². The zero-order chi connectivity index (χ0) is 18.4. The summed E-state index contributed by atoms with van der Waals surface area (Å²) in [5.41, 5.74) is 0.0975. The third-order valence-electron chi connectivity index (χ3n) is 3.11. The van der Waals surface area contributed by atoms with Gasteiger partial charge in [0.1, 0.15) is 5.82 Å². The van der Waals surface area contributed by atoms with Gasteiger partial charge in [0.2, 0.25) is 5.91 Å². The zero-order valence-corrected chi connectivity index (χ0v) is 13.5. The molecule has 1 aromatic carbocycles. The van der Waals surface area contributed by atoms with E-state index in [1.54, 1.807) is 6.92 Å². The van der Waals surface area contributed by atoms with Gasteiger partial charge in [0.05, 0.1) is 36.7 Å². The number of aryl methyl sites for hydroxylation is 1. The van der Waals surface area contributed by atoms with Crippen molar-refractivity contribution in [2.75, 3.05) is 19.0 Å². The fourth-order valence-electron chi connectivity index (χ4n) is 1.90. The van der Waals surface area contributed by atoms with Crippen LogP contribution in [0.2, 0.25) is 0 Å². The highest BCUT2D eigenvalue weighted by molar-refractivity contribution is 5.99. The van der Waals surface area contributed by atoms with Gasteiger partial charge in [-0.3, -0.25) is 19.7 Å². The van der Waals surface area contributed by atoms with Crippen LogP contribution in [0.25, 0.3) is 0 Å². The first-order chi connectivity index (χ1) is 11.9. The second-order valence-electron chi connectivity index (χ2n) is 4.89. The third-order valence-corrected chi connectivity index (χ3v) is 3.11. The molecule has 0 atom stereocenters. The summed E-state index contributed by atoms with van der Waals surface area (Å²) in [6.45, 7) is 1.40. The van der Waals surface area contributed by atoms with Gasteiger partial charge in [-0.05, 0) is 19.1 Å². The standard InChI is InChI=1S/C15H15N5O5/c1-9-16-6-11(7-17-9)19-14(21)8-18-15(22)10-3-4-13(25-2)12(5-10)20(23)24/h3-7H,8H2,1-2H3,(H,18,22)(H,19,21). The molecule has 0 aliphatic heterocycles. The van der Waals surface area contributed by atoms with E-state index in [0.29, 0.717) is 11.5 Å². The van der Waals surface area contributed by atoms with Gasteiger partial charge in [0.25, 0.3) is 5.91 Å². The Kier molecular flexibility index (Phi) is 5.56. The second-order valence-corrected chi connectivity index (χ2v) is 4.89. The van der Waals surface area contributed by atoms with Gasteiger partial charge in [-0.2, -0.15) is 0 Å². The van der Waals surface area contributed by atoms with Crippen LogP contribution in [0.15, 0.2) is 30.6 Å². The Morgan fingerprint density at radius 2 is 1.96 bits per heavy atom. The van der Waals surface area contributed by atoms with Crippen LogP contribution in [0.4, 0.5) is 11.4 Å². The molecule has 0 spiro atoms. The van der Waals surface area contributed by atoms with Crippen molar-refractivity contribution in [3.05, 3.63) is 52.1 Å². The van der Waals surface area contributed by atoms with Crippen LogP contribution in [0, 0.1) is 17.0 Å². The van der Waals surface area contributed by atoms with Crippen molar-refractivity contribution in [2.45, 2.75) is 6.92 Å². The van der Waals surface area contributed by atoms with E-state index in [2.05, 4.69) is 20.6 Å². The molecule has 2 N–H and O–H groups in total. The number of carbonyl (C=O) groups is 2. The Morgan fingerprint density at radius 1 is 1.28 bits per heavy atom. The number of carbonyl (C=O) groups excluding carboxylic acids is 2.